The highest BCUT2D eigenvalue weighted by molar-refractivity contribution is 4.73. The molecule has 2 heterocycles. The average molecular weight is 255 g/mol. The Bertz CT molecular complexity index is 211. The summed E-state index contributed by atoms with van der Waals surface area (Å²) in [5.74, 6) is 0.900. The first-order chi connectivity index (χ1) is 8.88. The number of hydrogen-bond acceptors (Lipinski definition) is 4. The van der Waals surface area contributed by atoms with E-state index in [9.17, 15) is 0 Å². The lowest BCUT2D eigenvalue weighted by Gasteiger charge is -2.31. The second kappa shape index (κ2) is 8.10. The van der Waals surface area contributed by atoms with Crippen molar-refractivity contribution in [2.45, 2.75) is 19.8 Å². The molecule has 0 amide bonds. The zero-order valence-corrected chi connectivity index (χ0v) is 11.9. The van der Waals surface area contributed by atoms with E-state index in [-0.39, 0.29) is 0 Å². The van der Waals surface area contributed by atoms with Crippen molar-refractivity contribution >= 4 is 0 Å². The Morgan fingerprint density at radius 3 is 2.44 bits per heavy atom. The molecule has 0 unspecified atom stereocenters. The average Bonchev–Trinajstić information content (AvgIpc) is 2.45. The van der Waals surface area contributed by atoms with Crippen LogP contribution in [0.25, 0.3) is 0 Å². The van der Waals surface area contributed by atoms with Gasteiger partial charge in [0.2, 0.25) is 0 Å². The van der Waals surface area contributed by atoms with Crippen LogP contribution in [0.15, 0.2) is 0 Å². The van der Waals surface area contributed by atoms with Crippen LogP contribution >= 0.6 is 0 Å². The van der Waals surface area contributed by atoms with E-state index in [1.807, 2.05) is 0 Å². The summed E-state index contributed by atoms with van der Waals surface area (Å²) in [4.78, 5) is 5.06. The second-order valence-corrected chi connectivity index (χ2v) is 5.54. The van der Waals surface area contributed by atoms with Gasteiger partial charge in [-0.3, -0.25) is 4.90 Å². The number of nitrogens with one attached hydrogen (secondary N) is 1. The fourth-order valence-corrected chi connectivity index (χ4v) is 2.87. The summed E-state index contributed by atoms with van der Waals surface area (Å²) >= 11 is 0. The van der Waals surface area contributed by atoms with Gasteiger partial charge in [-0.25, -0.2) is 0 Å². The van der Waals surface area contributed by atoms with Gasteiger partial charge in [0, 0.05) is 26.2 Å². The van der Waals surface area contributed by atoms with Gasteiger partial charge in [0.25, 0.3) is 0 Å². The first-order valence-electron chi connectivity index (χ1n) is 7.61. The highest BCUT2D eigenvalue weighted by Gasteiger charge is 2.17. The normalized spacial score (nSPS) is 24.5. The summed E-state index contributed by atoms with van der Waals surface area (Å²) < 4.78 is 5.36. The Labute approximate surface area is 112 Å². The van der Waals surface area contributed by atoms with Gasteiger partial charge < -0.3 is 15.0 Å². The fraction of sp³-hybridized carbons (Fsp3) is 1.00. The Balaban J connectivity index is 1.48. The summed E-state index contributed by atoms with van der Waals surface area (Å²) in [5.41, 5.74) is 0. The molecule has 0 radical (unpaired) electrons. The summed E-state index contributed by atoms with van der Waals surface area (Å²) in [5, 5.41) is 3.63. The first kappa shape index (κ1) is 14.3. The number of rotatable bonds is 6. The molecule has 0 aromatic heterocycles. The number of ether oxygens (including phenoxy) is 1. The highest BCUT2D eigenvalue weighted by Crippen LogP contribution is 2.15. The molecule has 2 rings (SSSR count). The van der Waals surface area contributed by atoms with Gasteiger partial charge in [-0.1, -0.05) is 6.92 Å². The lowest BCUT2D eigenvalue weighted by atomic mass is 9.97. The minimum atomic E-state index is 0.900. The van der Waals surface area contributed by atoms with Crippen molar-refractivity contribution in [1.29, 1.82) is 0 Å². The molecule has 2 fully saturated rings. The molecule has 0 aromatic rings. The Morgan fingerprint density at radius 1 is 1.06 bits per heavy atom. The van der Waals surface area contributed by atoms with Crippen LogP contribution in [0, 0.1) is 5.92 Å². The van der Waals surface area contributed by atoms with Crippen LogP contribution in [-0.2, 0) is 4.74 Å². The molecule has 4 nitrogen and oxygen atoms in total. The van der Waals surface area contributed by atoms with Gasteiger partial charge in [-0.05, 0) is 44.9 Å². The maximum Gasteiger partial charge on any atom is 0.0594 e. The Morgan fingerprint density at radius 2 is 1.78 bits per heavy atom. The van der Waals surface area contributed by atoms with Crippen molar-refractivity contribution < 1.29 is 4.74 Å². The van der Waals surface area contributed by atoms with Crippen LogP contribution < -0.4 is 5.32 Å². The lowest BCUT2D eigenvalue weighted by Crippen LogP contribution is -2.42. The molecule has 0 aromatic carbocycles. The molecule has 4 heteroatoms. The summed E-state index contributed by atoms with van der Waals surface area (Å²) in [7, 11) is 0. The molecule has 0 spiro atoms. The third-order valence-electron chi connectivity index (χ3n) is 4.30. The second-order valence-electron chi connectivity index (χ2n) is 5.54. The molecule has 0 atom stereocenters. The SMILES string of the molecule is CCN1CCC(CNCCN2CCOCC2)CC1. The van der Waals surface area contributed by atoms with Crippen LogP contribution in [0.1, 0.15) is 19.8 Å². The molecule has 0 saturated carbocycles. The van der Waals surface area contributed by atoms with Gasteiger partial charge in [-0.15, -0.1) is 0 Å². The van der Waals surface area contributed by atoms with Crippen molar-refractivity contribution in [2.24, 2.45) is 5.92 Å². The van der Waals surface area contributed by atoms with Crippen LogP contribution in [0.2, 0.25) is 0 Å². The van der Waals surface area contributed by atoms with Crippen LogP contribution in [0.4, 0.5) is 0 Å². The van der Waals surface area contributed by atoms with E-state index in [1.54, 1.807) is 0 Å². The predicted molar refractivity (Wildman–Crippen MR) is 75.0 cm³/mol. The van der Waals surface area contributed by atoms with Gasteiger partial charge in [-0.2, -0.15) is 0 Å². The fourth-order valence-electron chi connectivity index (χ4n) is 2.87. The lowest BCUT2D eigenvalue weighted by molar-refractivity contribution is 0.0382. The number of morpholine rings is 1. The summed E-state index contributed by atoms with van der Waals surface area (Å²) in [6.45, 7) is 13.6. The summed E-state index contributed by atoms with van der Waals surface area (Å²) in [6, 6.07) is 0. The van der Waals surface area contributed by atoms with Crippen molar-refractivity contribution in [3.8, 4) is 0 Å². The molecule has 2 saturated heterocycles. The third-order valence-corrected chi connectivity index (χ3v) is 4.30. The minimum absolute atomic E-state index is 0.900. The van der Waals surface area contributed by atoms with Gasteiger partial charge in [0.15, 0.2) is 0 Å². The Kier molecular flexibility index (Phi) is 6.41. The standard InChI is InChI=1S/C14H29N3O/c1-2-16-6-3-14(4-7-16)13-15-5-8-17-9-11-18-12-10-17/h14-15H,2-13H2,1H3. The molecule has 106 valence electrons. The molecular formula is C14H29N3O. The summed E-state index contributed by atoms with van der Waals surface area (Å²) in [6.07, 6.45) is 2.75. The van der Waals surface area contributed by atoms with Crippen molar-refractivity contribution in [3.05, 3.63) is 0 Å². The van der Waals surface area contributed by atoms with Gasteiger partial charge in [0.05, 0.1) is 13.2 Å². The van der Waals surface area contributed by atoms with E-state index < -0.39 is 0 Å². The van der Waals surface area contributed by atoms with E-state index in [1.165, 1.54) is 45.6 Å². The molecule has 2 aliphatic heterocycles. The molecular weight excluding hydrogens is 226 g/mol. The van der Waals surface area contributed by atoms with Crippen LogP contribution in [0.5, 0.6) is 0 Å². The largest absolute Gasteiger partial charge is 0.379 e. The Hall–Kier alpha value is -0.160. The quantitative estimate of drug-likeness (QED) is 0.705. The monoisotopic (exact) mass is 255 g/mol. The third kappa shape index (κ3) is 4.84. The number of likely N-dealkylation sites (tertiary alicyclic amines) is 1. The van der Waals surface area contributed by atoms with E-state index in [0.717, 1.165) is 38.8 Å². The zero-order chi connectivity index (χ0) is 12.6. The zero-order valence-electron chi connectivity index (χ0n) is 11.9. The van der Waals surface area contributed by atoms with Crippen molar-refractivity contribution in [3.63, 3.8) is 0 Å². The maximum atomic E-state index is 5.36. The van der Waals surface area contributed by atoms with Crippen molar-refractivity contribution in [2.75, 3.05) is 65.6 Å². The van der Waals surface area contributed by atoms with Gasteiger partial charge in [0.1, 0.15) is 0 Å². The van der Waals surface area contributed by atoms with E-state index in [2.05, 4.69) is 22.0 Å². The highest BCUT2D eigenvalue weighted by atomic mass is 16.5. The van der Waals surface area contributed by atoms with Crippen molar-refractivity contribution in [1.82, 2.24) is 15.1 Å². The van der Waals surface area contributed by atoms with E-state index in [0.29, 0.717) is 0 Å². The molecule has 2 aliphatic rings. The van der Waals surface area contributed by atoms with E-state index >= 15 is 0 Å². The van der Waals surface area contributed by atoms with Crippen LogP contribution in [-0.4, -0.2) is 75.4 Å². The van der Waals surface area contributed by atoms with Gasteiger partial charge >= 0.3 is 0 Å². The van der Waals surface area contributed by atoms with Crippen LogP contribution in [0.3, 0.4) is 0 Å². The molecule has 1 N–H and O–H groups in total. The first-order valence-corrected chi connectivity index (χ1v) is 7.61. The number of piperidine rings is 1. The maximum absolute atomic E-state index is 5.36. The smallest absolute Gasteiger partial charge is 0.0594 e. The molecule has 0 bridgehead atoms. The number of hydrogen-bond donors (Lipinski definition) is 1. The minimum Gasteiger partial charge on any atom is -0.379 e. The topological polar surface area (TPSA) is 27.7 Å². The number of nitrogens with zero attached hydrogens (tertiary/aromatic N) is 2. The predicted octanol–water partition coefficient (Wildman–Crippen LogP) is 0.640. The molecule has 18 heavy (non-hydrogen) atoms. The molecule has 0 aliphatic carbocycles. The van der Waals surface area contributed by atoms with E-state index in [4.69, 9.17) is 4.74 Å².